The molecule has 0 saturated carbocycles. The number of anilines is 1. The van der Waals surface area contributed by atoms with E-state index in [1.807, 2.05) is 0 Å². The Hall–Kier alpha value is -2.20. The number of amides is 1. The van der Waals surface area contributed by atoms with Crippen molar-refractivity contribution in [2.24, 2.45) is 0 Å². The van der Waals surface area contributed by atoms with Gasteiger partial charge in [0.25, 0.3) is 0 Å². The molecule has 2 rings (SSSR count). The monoisotopic (exact) mass is 293 g/mol. The smallest absolute Gasteiger partial charge is 0.248 e. The number of benzene rings is 2. The molecular weight excluding hydrogens is 284 g/mol. The van der Waals surface area contributed by atoms with Crippen molar-refractivity contribution < 1.29 is 13.6 Å². The molecule has 0 bridgehead atoms. The second-order valence-corrected chi connectivity index (χ2v) is 4.35. The fourth-order valence-electron chi connectivity index (χ4n) is 1.55. The summed E-state index contributed by atoms with van der Waals surface area (Å²) in [6, 6.07) is 10.3. The van der Waals surface area contributed by atoms with Gasteiger partial charge < -0.3 is 5.32 Å². The first-order valence-electron chi connectivity index (χ1n) is 5.75. The lowest BCUT2D eigenvalue weighted by Gasteiger charge is -2.04. The van der Waals surface area contributed by atoms with Gasteiger partial charge in [-0.3, -0.25) is 4.79 Å². The molecule has 2 nitrogen and oxygen atoms in total. The first-order valence-corrected chi connectivity index (χ1v) is 6.13. The predicted molar refractivity (Wildman–Crippen MR) is 75.5 cm³/mol. The fourth-order valence-corrected chi connectivity index (χ4v) is 1.73. The molecule has 2 aromatic carbocycles. The van der Waals surface area contributed by atoms with Crippen LogP contribution in [0.25, 0.3) is 6.08 Å². The number of nitrogens with one attached hydrogen (secondary N) is 1. The third kappa shape index (κ3) is 3.42. The van der Waals surface area contributed by atoms with E-state index in [0.29, 0.717) is 0 Å². The zero-order valence-corrected chi connectivity index (χ0v) is 11.0. The molecule has 0 fully saturated rings. The Morgan fingerprint density at radius 3 is 2.60 bits per heavy atom. The number of carbonyl (C=O) groups excluding carboxylic acids is 1. The van der Waals surface area contributed by atoms with Crippen LogP contribution in [0.5, 0.6) is 0 Å². The average Bonchev–Trinajstić information content (AvgIpc) is 2.43. The Morgan fingerprint density at radius 1 is 1.10 bits per heavy atom. The van der Waals surface area contributed by atoms with E-state index in [2.05, 4.69) is 5.32 Å². The minimum absolute atomic E-state index is 0.0271. The van der Waals surface area contributed by atoms with E-state index in [0.717, 1.165) is 6.08 Å². The van der Waals surface area contributed by atoms with Crippen LogP contribution in [0.1, 0.15) is 5.56 Å². The number of halogens is 3. The molecule has 0 saturated heterocycles. The van der Waals surface area contributed by atoms with Gasteiger partial charge in [0, 0.05) is 11.6 Å². The SMILES string of the molecule is O=C(/C=C/c1ccccc1F)Nc1cccc(Cl)c1F. The zero-order valence-electron chi connectivity index (χ0n) is 10.2. The summed E-state index contributed by atoms with van der Waals surface area (Å²) in [5.74, 6) is -1.72. The Bertz CT molecular complexity index is 671. The lowest BCUT2D eigenvalue weighted by molar-refractivity contribution is -0.111. The Morgan fingerprint density at radius 2 is 1.85 bits per heavy atom. The summed E-state index contributed by atoms with van der Waals surface area (Å²) in [6.07, 6.45) is 2.44. The van der Waals surface area contributed by atoms with Gasteiger partial charge in [-0.15, -0.1) is 0 Å². The summed E-state index contributed by atoms with van der Waals surface area (Å²) in [6.45, 7) is 0. The second kappa shape index (κ2) is 6.30. The molecule has 0 aliphatic rings. The summed E-state index contributed by atoms with van der Waals surface area (Å²) < 4.78 is 26.9. The maximum absolute atomic E-state index is 13.6. The van der Waals surface area contributed by atoms with Crippen LogP contribution in [-0.2, 0) is 4.79 Å². The maximum Gasteiger partial charge on any atom is 0.248 e. The topological polar surface area (TPSA) is 29.1 Å². The number of hydrogen-bond acceptors (Lipinski definition) is 1. The highest BCUT2D eigenvalue weighted by molar-refractivity contribution is 6.31. The van der Waals surface area contributed by atoms with Crippen molar-refractivity contribution >= 4 is 29.3 Å². The molecule has 0 heterocycles. The number of hydrogen-bond donors (Lipinski definition) is 1. The van der Waals surface area contributed by atoms with Crippen molar-refractivity contribution in [3.05, 3.63) is 70.8 Å². The fraction of sp³-hybridized carbons (Fsp3) is 0. The third-order valence-electron chi connectivity index (χ3n) is 2.53. The van der Waals surface area contributed by atoms with Crippen molar-refractivity contribution in [3.63, 3.8) is 0 Å². The quantitative estimate of drug-likeness (QED) is 0.841. The summed E-state index contributed by atoms with van der Waals surface area (Å²) in [4.78, 5) is 11.6. The van der Waals surface area contributed by atoms with Crippen molar-refractivity contribution in [1.82, 2.24) is 0 Å². The standard InChI is InChI=1S/C15H10ClF2NO/c16-11-5-3-7-13(15(11)18)19-14(20)9-8-10-4-1-2-6-12(10)17/h1-9H,(H,19,20)/b9-8+. The first-order chi connectivity index (χ1) is 9.58. The highest BCUT2D eigenvalue weighted by Crippen LogP contribution is 2.21. The van der Waals surface area contributed by atoms with Gasteiger partial charge in [0.2, 0.25) is 5.91 Å². The van der Waals surface area contributed by atoms with Gasteiger partial charge in [-0.1, -0.05) is 35.9 Å². The van der Waals surface area contributed by atoms with E-state index in [9.17, 15) is 13.6 Å². The molecule has 0 spiro atoms. The second-order valence-electron chi connectivity index (χ2n) is 3.95. The molecular formula is C15H10ClF2NO. The molecule has 0 aliphatic carbocycles. The van der Waals surface area contributed by atoms with Gasteiger partial charge in [0.1, 0.15) is 5.82 Å². The molecule has 5 heteroatoms. The minimum atomic E-state index is -0.707. The molecule has 20 heavy (non-hydrogen) atoms. The molecule has 102 valence electrons. The van der Waals surface area contributed by atoms with Gasteiger partial charge in [0.15, 0.2) is 5.82 Å². The molecule has 0 atom stereocenters. The van der Waals surface area contributed by atoms with Gasteiger partial charge in [0.05, 0.1) is 10.7 Å². The van der Waals surface area contributed by atoms with Crippen LogP contribution in [0.4, 0.5) is 14.5 Å². The van der Waals surface area contributed by atoms with E-state index in [-0.39, 0.29) is 16.3 Å². The lowest BCUT2D eigenvalue weighted by atomic mass is 10.2. The predicted octanol–water partition coefficient (Wildman–Crippen LogP) is 4.27. The number of rotatable bonds is 3. The van der Waals surface area contributed by atoms with Crippen LogP contribution < -0.4 is 5.32 Å². The molecule has 1 N–H and O–H groups in total. The maximum atomic E-state index is 13.6. The minimum Gasteiger partial charge on any atom is -0.320 e. The van der Waals surface area contributed by atoms with Crippen molar-refractivity contribution in [2.75, 3.05) is 5.32 Å². The van der Waals surface area contributed by atoms with Crippen LogP contribution in [-0.4, -0.2) is 5.91 Å². The lowest BCUT2D eigenvalue weighted by Crippen LogP contribution is -2.09. The Balaban J connectivity index is 2.10. The number of carbonyl (C=O) groups is 1. The first kappa shape index (κ1) is 14.2. The van der Waals surface area contributed by atoms with E-state index in [4.69, 9.17) is 11.6 Å². The normalized spacial score (nSPS) is 10.8. The molecule has 0 unspecified atom stereocenters. The van der Waals surface area contributed by atoms with Crippen LogP contribution in [0, 0.1) is 11.6 Å². The van der Waals surface area contributed by atoms with Crippen LogP contribution in [0.3, 0.4) is 0 Å². The van der Waals surface area contributed by atoms with Gasteiger partial charge >= 0.3 is 0 Å². The average molecular weight is 294 g/mol. The Kier molecular flexibility index (Phi) is 4.48. The molecule has 2 aromatic rings. The van der Waals surface area contributed by atoms with Crippen molar-refractivity contribution in [1.29, 1.82) is 0 Å². The van der Waals surface area contributed by atoms with Crippen LogP contribution in [0.2, 0.25) is 5.02 Å². The summed E-state index contributed by atoms with van der Waals surface area (Å²) in [7, 11) is 0. The summed E-state index contributed by atoms with van der Waals surface area (Å²) in [5, 5.41) is 2.25. The highest BCUT2D eigenvalue weighted by Gasteiger charge is 2.07. The van der Waals surface area contributed by atoms with Gasteiger partial charge in [-0.2, -0.15) is 0 Å². The molecule has 0 aliphatic heterocycles. The highest BCUT2D eigenvalue weighted by atomic mass is 35.5. The summed E-state index contributed by atoms with van der Waals surface area (Å²) in [5.41, 5.74) is 0.245. The van der Waals surface area contributed by atoms with Crippen LogP contribution in [0.15, 0.2) is 48.5 Å². The van der Waals surface area contributed by atoms with Gasteiger partial charge in [-0.25, -0.2) is 8.78 Å². The largest absolute Gasteiger partial charge is 0.320 e. The van der Waals surface area contributed by atoms with E-state index >= 15 is 0 Å². The van der Waals surface area contributed by atoms with Crippen LogP contribution >= 0.6 is 11.6 Å². The summed E-state index contributed by atoms with van der Waals surface area (Å²) >= 11 is 5.60. The third-order valence-corrected chi connectivity index (χ3v) is 2.82. The Labute approximate surface area is 119 Å². The molecule has 0 radical (unpaired) electrons. The van der Waals surface area contributed by atoms with Crippen molar-refractivity contribution in [3.8, 4) is 0 Å². The van der Waals surface area contributed by atoms with E-state index < -0.39 is 17.5 Å². The molecule has 0 aromatic heterocycles. The van der Waals surface area contributed by atoms with E-state index in [1.54, 1.807) is 12.1 Å². The molecule has 1 amide bonds. The zero-order chi connectivity index (χ0) is 14.5. The van der Waals surface area contributed by atoms with Crippen molar-refractivity contribution in [2.45, 2.75) is 0 Å². The van der Waals surface area contributed by atoms with Gasteiger partial charge in [-0.05, 0) is 24.3 Å². The van der Waals surface area contributed by atoms with E-state index in [1.165, 1.54) is 36.4 Å².